The Kier molecular flexibility index (Phi) is 4.38. The van der Waals surface area contributed by atoms with Crippen LogP contribution in [0.15, 0.2) is 23.1 Å². The van der Waals surface area contributed by atoms with Crippen LogP contribution >= 0.6 is 0 Å². The Balaban J connectivity index is 2.31. The Hall–Kier alpha value is -1.80. The summed E-state index contributed by atoms with van der Waals surface area (Å²) in [6.45, 7) is 1.17. The van der Waals surface area contributed by atoms with Gasteiger partial charge in [0.15, 0.2) is 0 Å². The van der Waals surface area contributed by atoms with Gasteiger partial charge in [0.05, 0.1) is 5.69 Å². The molecule has 0 bridgehead atoms. The third-order valence-corrected chi connectivity index (χ3v) is 5.22. The molecule has 1 fully saturated rings. The van der Waals surface area contributed by atoms with Crippen LogP contribution in [0.4, 0.5) is 11.4 Å². The average Bonchev–Trinajstić information content (AvgIpc) is 2.47. The summed E-state index contributed by atoms with van der Waals surface area (Å²) in [7, 11) is -2.23. The first-order chi connectivity index (χ1) is 9.85. The zero-order valence-corrected chi connectivity index (χ0v) is 12.7. The summed E-state index contributed by atoms with van der Waals surface area (Å²) in [5.74, 6) is -0.436. The maximum atomic E-state index is 12.1. The van der Waals surface area contributed by atoms with Crippen molar-refractivity contribution in [2.24, 2.45) is 11.7 Å². The predicted molar refractivity (Wildman–Crippen MR) is 81.2 cm³/mol. The summed E-state index contributed by atoms with van der Waals surface area (Å²) >= 11 is 0. The van der Waals surface area contributed by atoms with Crippen molar-refractivity contribution >= 4 is 27.3 Å². The molecule has 0 spiro atoms. The number of hydrogen-bond donors (Lipinski definition) is 3. The molecule has 1 amide bonds. The minimum Gasteiger partial charge on any atom is -0.399 e. The van der Waals surface area contributed by atoms with E-state index in [4.69, 9.17) is 11.5 Å². The Morgan fingerprint density at radius 1 is 1.33 bits per heavy atom. The number of nitrogens with one attached hydrogen (secondary N) is 1. The molecule has 1 aliphatic heterocycles. The van der Waals surface area contributed by atoms with E-state index in [9.17, 15) is 13.2 Å². The molecule has 1 saturated heterocycles. The Morgan fingerprint density at radius 3 is 2.48 bits per heavy atom. The van der Waals surface area contributed by atoms with Crippen molar-refractivity contribution in [1.29, 1.82) is 0 Å². The van der Waals surface area contributed by atoms with Gasteiger partial charge in [-0.15, -0.1) is 0 Å². The Bertz CT molecular complexity index is 637. The van der Waals surface area contributed by atoms with Crippen LogP contribution in [-0.4, -0.2) is 34.5 Å². The lowest BCUT2D eigenvalue weighted by Gasteiger charge is -2.33. The number of carbonyl (C=O) groups is 1. The van der Waals surface area contributed by atoms with Gasteiger partial charge in [-0.05, 0) is 38.1 Å². The van der Waals surface area contributed by atoms with Crippen LogP contribution in [0.25, 0.3) is 0 Å². The molecule has 1 aliphatic rings. The normalized spacial score (nSPS) is 16.9. The number of benzene rings is 1. The van der Waals surface area contributed by atoms with E-state index in [0.29, 0.717) is 37.3 Å². The number of piperidine rings is 1. The molecule has 0 aliphatic carbocycles. The molecule has 0 unspecified atom stereocenters. The first kappa shape index (κ1) is 15.6. The van der Waals surface area contributed by atoms with Crippen molar-refractivity contribution in [1.82, 2.24) is 4.72 Å². The van der Waals surface area contributed by atoms with E-state index in [1.165, 1.54) is 13.1 Å². The lowest BCUT2D eigenvalue weighted by molar-refractivity contribution is -0.122. The number of rotatable bonds is 4. The van der Waals surface area contributed by atoms with Crippen molar-refractivity contribution in [3.8, 4) is 0 Å². The maximum Gasteiger partial charge on any atom is 0.242 e. The topological polar surface area (TPSA) is 119 Å². The largest absolute Gasteiger partial charge is 0.399 e. The van der Waals surface area contributed by atoms with E-state index < -0.39 is 10.0 Å². The van der Waals surface area contributed by atoms with Crippen molar-refractivity contribution < 1.29 is 13.2 Å². The fourth-order valence-corrected chi connectivity index (χ4v) is 3.51. The zero-order valence-electron chi connectivity index (χ0n) is 11.9. The smallest absolute Gasteiger partial charge is 0.242 e. The number of sulfonamides is 1. The number of carbonyl (C=O) groups excluding carboxylic acids is 1. The van der Waals surface area contributed by atoms with Gasteiger partial charge in [-0.1, -0.05) is 0 Å². The summed E-state index contributed by atoms with van der Waals surface area (Å²) in [5.41, 5.74) is 12.0. The Labute approximate surface area is 124 Å². The van der Waals surface area contributed by atoms with E-state index >= 15 is 0 Å². The molecule has 7 nitrogen and oxygen atoms in total. The van der Waals surface area contributed by atoms with E-state index in [1.807, 2.05) is 4.90 Å². The zero-order chi connectivity index (χ0) is 15.6. The standard InChI is InChI=1S/C13H20N4O3S/c1-16-21(19,20)12-8-10(14)2-3-11(12)17-6-4-9(5-7-17)13(15)18/h2-3,8-9,16H,4-7,14H2,1H3,(H2,15,18). The monoisotopic (exact) mass is 312 g/mol. The summed E-state index contributed by atoms with van der Waals surface area (Å²) in [5, 5.41) is 0. The molecule has 116 valence electrons. The second kappa shape index (κ2) is 5.90. The summed E-state index contributed by atoms with van der Waals surface area (Å²) < 4.78 is 26.6. The van der Waals surface area contributed by atoms with Crippen molar-refractivity contribution in [2.45, 2.75) is 17.7 Å². The molecule has 5 N–H and O–H groups in total. The number of anilines is 2. The number of nitrogen functional groups attached to an aromatic ring is 1. The van der Waals surface area contributed by atoms with Crippen LogP contribution in [0, 0.1) is 5.92 Å². The van der Waals surface area contributed by atoms with Gasteiger partial charge in [-0.25, -0.2) is 13.1 Å². The fourth-order valence-electron chi connectivity index (χ4n) is 2.52. The molecule has 2 rings (SSSR count). The molecule has 0 aromatic heterocycles. The first-order valence-electron chi connectivity index (χ1n) is 6.72. The highest BCUT2D eigenvalue weighted by molar-refractivity contribution is 7.89. The summed E-state index contributed by atoms with van der Waals surface area (Å²) in [6.07, 6.45) is 1.25. The summed E-state index contributed by atoms with van der Waals surface area (Å²) in [6, 6.07) is 4.82. The van der Waals surface area contributed by atoms with E-state index in [-0.39, 0.29) is 16.7 Å². The second-order valence-electron chi connectivity index (χ2n) is 5.10. The molecular weight excluding hydrogens is 292 g/mol. The van der Waals surface area contributed by atoms with Crippen molar-refractivity contribution in [3.63, 3.8) is 0 Å². The van der Waals surface area contributed by atoms with Gasteiger partial charge in [0.25, 0.3) is 0 Å². The van der Waals surface area contributed by atoms with Gasteiger partial charge in [-0.3, -0.25) is 4.79 Å². The lowest BCUT2D eigenvalue weighted by Crippen LogP contribution is -2.39. The first-order valence-corrected chi connectivity index (χ1v) is 8.21. The Morgan fingerprint density at radius 2 is 1.95 bits per heavy atom. The van der Waals surface area contributed by atoms with Gasteiger partial charge in [0, 0.05) is 24.7 Å². The molecule has 1 aromatic rings. The number of nitrogens with two attached hydrogens (primary N) is 2. The van der Waals surface area contributed by atoms with E-state index in [1.54, 1.807) is 12.1 Å². The molecule has 1 heterocycles. The number of nitrogens with zero attached hydrogens (tertiary/aromatic N) is 1. The maximum absolute atomic E-state index is 12.1. The van der Waals surface area contributed by atoms with Crippen LogP contribution in [0.2, 0.25) is 0 Å². The molecule has 0 radical (unpaired) electrons. The second-order valence-corrected chi connectivity index (χ2v) is 6.95. The number of amides is 1. The van der Waals surface area contributed by atoms with E-state index in [2.05, 4.69) is 4.72 Å². The van der Waals surface area contributed by atoms with Crippen LogP contribution in [0.5, 0.6) is 0 Å². The van der Waals surface area contributed by atoms with Crippen LogP contribution in [0.3, 0.4) is 0 Å². The van der Waals surface area contributed by atoms with Gasteiger partial charge < -0.3 is 16.4 Å². The minimum atomic E-state index is -3.59. The quantitative estimate of drug-likeness (QED) is 0.670. The highest BCUT2D eigenvalue weighted by Crippen LogP contribution is 2.30. The summed E-state index contributed by atoms with van der Waals surface area (Å²) in [4.78, 5) is 13.3. The van der Waals surface area contributed by atoms with Crippen LogP contribution in [-0.2, 0) is 14.8 Å². The molecule has 21 heavy (non-hydrogen) atoms. The van der Waals surface area contributed by atoms with Gasteiger partial charge in [0.1, 0.15) is 4.90 Å². The molecule has 0 saturated carbocycles. The van der Waals surface area contributed by atoms with Crippen molar-refractivity contribution in [3.05, 3.63) is 18.2 Å². The van der Waals surface area contributed by atoms with Crippen LogP contribution in [0.1, 0.15) is 12.8 Å². The van der Waals surface area contributed by atoms with Gasteiger partial charge in [-0.2, -0.15) is 0 Å². The van der Waals surface area contributed by atoms with Gasteiger partial charge in [0.2, 0.25) is 15.9 Å². The molecule has 0 atom stereocenters. The molecule has 1 aromatic carbocycles. The highest BCUT2D eigenvalue weighted by atomic mass is 32.2. The van der Waals surface area contributed by atoms with Crippen molar-refractivity contribution in [2.75, 3.05) is 30.8 Å². The van der Waals surface area contributed by atoms with Crippen LogP contribution < -0.4 is 21.1 Å². The molecular formula is C13H20N4O3S. The minimum absolute atomic E-state index is 0.139. The predicted octanol–water partition coefficient (Wildman–Crippen LogP) is -0.121. The third kappa shape index (κ3) is 3.27. The fraction of sp³-hybridized carbons (Fsp3) is 0.462. The highest BCUT2D eigenvalue weighted by Gasteiger charge is 2.27. The number of hydrogen-bond acceptors (Lipinski definition) is 5. The SMILES string of the molecule is CNS(=O)(=O)c1cc(N)ccc1N1CCC(C(N)=O)CC1. The van der Waals surface area contributed by atoms with Gasteiger partial charge >= 0.3 is 0 Å². The third-order valence-electron chi connectivity index (χ3n) is 3.78. The number of primary amides is 1. The lowest BCUT2D eigenvalue weighted by atomic mass is 9.96. The van der Waals surface area contributed by atoms with E-state index in [0.717, 1.165) is 0 Å². The average molecular weight is 312 g/mol. The molecule has 8 heteroatoms.